The molecule has 2 N–H and O–H groups in total. The number of nitrogens with one attached hydrogen (secondary N) is 1. The Balaban J connectivity index is 4.28. The molecule has 3 atom stereocenters. The van der Waals surface area contributed by atoms with Crippen molar-refractivity contribution in [1.29, 1.82) is 0 Å². The van der Waals surface area contributed by atoms with Gasteiger partial charge in [0.2, 0.25) is 5.91 Å². The lowest BCUT2D eigenvalue weighted by atomic mass is 10.0. The lowest BCUT2D eigenvalue weighted by Crippen LogP contribution is -2.45. The van der Waals surface area contributed by atoms with Gasteiger partial charge in [0, 0.05) is 6.42 Å². The zero-order valence-corrected chi connectivity index (χ0v) is 41.5. The molecule has 3 unspecified atom stereocenters. The van der Waals surface area contributed by atoms with Gasteiger partial charge in [-0.2, -0.15) is 0 Å². The Morgan fingerprint density at radius 2 is 1.00 bits per heavy atom. The van der Waals surface area contributed by atoms with Crippen molar-refractivity contribution in [3.8, 4) is 0 Å². The second kappa shape index (κ2) is 43.7. The number of amides is 1. The Labute approximate surface area is 378 Å². The maximum Gasteiger partial charge on any atom is 0.268 e. The van der Waals surface area contributed by atoms with Crippen LogP contribution in [0.15, 0.2) is 48.6 Å². The first-order valence-electron chi connectivity index (χ1n) is 25.5. The van der Waals surface area contributed by atoms with Crippen LogP contribution in [0.4, 0.5) is 0 Å². The average Bonchev–Trinajstić information content (AvgIpc) is 3.21. The Morgan fingerprint density at radius 1 is 0.574 bits per heavy atom. The van der Waals surface area contributed by atoms with Gasteiger partial charge in [-0.05, 0) is 57.8 Å². The quantitative estimate of drug-likeness (QED) is 0.0273. The average molecular weight is 879 g/mol. The third-order valence-corrected chi connectivity index (χ3v) is 12.2. The number of hydrogen-bond acceptors (Lipinski definition) is 6. The molecule has 358 valence electrons. The van der Waals surface area contributed by atoms with Crippen molar-refractivity contribution in [2.75, 3.05) is 40.9 Å². The van der Waals surface area contributed by atoms with E-state index in [0.29, 0.717) is 17.4 Å². The summed E-state index contributed by atoms with van der Waals surface area (Å²) in [6.45, 7) is 4.56. The fourth-order valence-electron chi connectivity index (χ4n) is 7.21. The molecule has 61 heavy (non-hydrogen) atoms. The van der Waals surface area contributed by atoms with E-state index >= 15 is 0 Å². The van der Waals surface area contributed by atoms with Gasteiger partial charge < -0.3 is 28.8 Å². The summed E-state index contributed by atoms with van der Waals surface area (Å²) in [5, 5.41) is 13.8. The number of nitrogens with zero attached hydrogens (tertiary/aromatic N) is 1. The molecule has 1 amide bonds. The van der Waals surface area contributed by atoms with E-state index in [1.807, 2.05) is 27.2 Å². The molecule has 0 saturated heterocycles. The van der Waals surface area contributed by atoms with Crippen LogP contribution in [0, 0.1) is 0 Å². The third kappa shape index (κ3) is 46.3. The van der Waals surface area contributed by atoms with Crippen molar-refractivity contribution >= 4 is 13.7 Å². The number of rotatable bonds is 46. The minimum Gasteiger partial charge on any atom is -0.756 e. The van der Waals surface area contributed by atoms with Crippen LogP contribution in [0.25, 0.3) is 0 Å². The molecule has 0 fully saturated rings. The summed E-state index contributed by atoms with van der Waals surface area (Å²) in [6, 6.07) is -0.911. The van der Waals surface area contributed by atoms with Gasteiger partial charge in [-0.3, -0.25) is 9.36 Å². The van der Waals surface area contributed by atoms with Gasteiger partial charge in [-0.15, -0.1) is 0 Å². The normalized spacial score (nSPS) is 14.5. The summed E-state index contributed by atoms with van der Waals surface area (Å²) in [6.07, 6.45) is 56.2. The minimum absolute atomic E-state index is 0.0104. The summed E-state index contributed by atoms with van der Waals surface area (Å²) in [4.78, 5) is 25.3. The fourth-order valence-corrected chi connectivity index (χ4v) is 7.93. The summed E-state index contributed by atoms with van der Waals surface area (Å²) in [5.41, 5.74) is 0. The van der Waals surface area contributed by atoms with Crippen LogP contribution in [0.5, 0.6) is 0 Å². The summed E-state index contributed by atoms with van der Waals surface area (Å²) in [7, 11) is 1.23. The first-order chi connectivity index (χ1) is 29.5. The number of hydrogen-bond donors (Lipinski definition) is 2. The van der Waals surface area contributed by atoms with Gasteiger partial charge in [-0.1, -0.05) is 210 Å². The molecule has 0 spiro atoms. The number of aliphatic hydroxyl groups excluding tert-OH is 1. The van der Waals surface area contributed by atoms with Gasteiger partial charge in [0.05, 0.1) is 39.9 Å². The highest BCUT2D eigenvalue weighted by molar-refractivity contribution is 7.45. The van der Waals surface area contributed by atoms with Crippen LogP contribution < -0.4 is 10.2 Å². The highest BCUT2D eigenvalue weighted by Crippen LogP contribution is 2.38. The van der Waals surface area contributed by atoms with Gasteiger partial charge in [0.15, 0.2) is 0 Å². The van der Waals surface area contributed by atoms with E-state index < -0.39 is 26.6 Å². The van der Waals surface area contributed by atoms with Crippen molar-refractivity contribution in [1.82, 2.24) is 5.32 Å². The maximum atomic E-state index is 12.9. The van der Waals surface area contributed by atoms with E-state index in [1.165, 1.54) is 135 Å². The molecule has 0 aliphatic rings. The second-order valence-electron chi connectivity index (χ2n) is 18.5. The summed E-state index contributed by atoms with van der Waals surface area (Å²) in [5.74, 6) is -0.222. The van der Waals surface area contributed by atoms with Gasteiger partial charge >= 0.3 is 0 Å². The Kier molecular flexibility index (Phi) is 42.6. The van der Waals surface area contributed by atoms with Crippen LogP contribution in [0.3, 0.4) is 0 Å². The van der Waals surface area contributed by atoms with Crippen molar-refractivity contribution in [3.05, 3.63) is 48.6 Å². The van der Waals surface area contributed by atoms with Gasteiger partial charge in [0.1, 0.15) is 13.2 Å². The van der Waals surface area contributed by atoms with E-state index in [1.54, 1.807) is 6.08 Å². The molecule has 0 aromatic rings. The lowest BCUT2D eigenvalue weighted by Gasteiger charge is -2.29. The first kappa shape index (κ1) is 59.5. The molecule has 0 aliphatic heterocycles. The number of phosphoric acid groups is 1. The minimum atomic E-state index is -4.60. The fraction of sp³-hybridized carbons (Fsp3) is 0.827. The predicted molar refractivity (Wildman–Crippen MR) is 261 cm³/mol. The molecule has 0 radical (unpaired) electrons. The predicted octanol–water partition coefficient (Wildman–Crippen LogP) is 14.2. The zero-order valence-electron chi connectivity index (χ0n) is 40.6. The zero-order chi connectivity index (χ0) is 45.0. The first-order valence-corrected chi connectivity index (χ1v) is 27.0. The lowest BCUT2D eigenvalue weighted by molar-refractivity contribution is -0.870. The molecular formula is C52H99N2O6P. The van der Waals surface area contributed by atoms with E-state index in [4.69, 9.17) is 9.05 Å². The molecule has 8 nitrogen and oxygen atoms in total. The number of quaternary nitrogens is 1. The molecule has 9 heteroatoms. The number of phosphoric ester groups is 1. The van der Waals surface area contributed by atoms with Crippen molar-refractivity contribution in [2.24, 2.45) is 0 Å². The number of allylic oxidation sites excluding steroid dienone is 7. The standard InChI is InChI=1S/C52H99N2O6P/c1-6-8-10-12-14-16-18-20-21-22-23-24-25-26-27-28-29-30-31-32-34-35-37-39-41-43-45-51(55)50(49-60-61(57,58)59-48-47-54(3,4)5)53-52(56)46-44-42-40-38-36-33-19-17-15-13-11-9-7-2/h11,13,17,19,35,37,43,45,50-51,55H,6-10,12,14-16,18,20-34,36,38-42,44,46-49H2,1-5H3,(H-,53,56,57,58)/b13-11-,19-17-,37-35+,45-43+. The number of carbonyl (C=O) groups excluding carboxylic acids is 1. The van der Waals surface area contributed by atoms with E-state index in [2.05, 4.69) is 55.6 Å². The SMILES string of the molecule is CCC/C=C\C/C=C\CCCCCCCC(=O)NC(COP(=O)([O-])OCC[N+](C)(C)C)C(O)/C=C/CC/C=C/CCCCCCCCCCCCCCCCCCCCCC. The highest BCUT2D eigenvalue weighted by Gasteiger charge is 2.23. The highest BCUT2D eigenvalue weighted by atomic mass is 31.2. The second-order valence-corrected chi connectivity index (χ2v) is 19.9. The molecule has 0 saturated carbocycles. The number of carbonyl (C=O) groups is 1. The van der Waals surface area contributed by atoms with Crippen LogP contribution in [0.1, 0.15) is 226 Å². The van der Waals surface area contributed by atoms with Crippen LogP contribution >= 0.6 is 7.82 Å². The summed E-state index contributed by atoms with van der Waals surface area (Å²) >= 11 is 0. The Bertz CT molecular complexity index is 1130. The van der Waals surface area contributed by atoms with Crippen molar-refractivity contribution in [3.63, 3.8) is 0 Å². The molecule has 0 aromatic carbocycles. The molecule has 0 bridgehead atoms. The number of unbranched alkanes of at least 4 members (excludes halogenated alkanes) is 27. The molecule has 0 aromatic heterocycles. The van der Waals surface area contributed by atoms with E-state index in [-0.39, 0.29) is 12.5 Å². The smallest absolute Gasteiger partial charge is 0.268 e. The van der Waals surface area contributed by atoms with Crippen molar-refractivity contribution < 1.29 is 32.9 Å². The monoisotopic (exact) mass is 879 g/mol. The number of aliphatic hydroxyl groups is 1. The molecule has 0 aliphatic carbocycles. The molecule has 0 heterocycles. The van der Waals surface area contributed by atoms with Crippen molar-refractivity contribution in [2.45, 2.75) is 238 Å². The summed E-state index contributed by atoms with van der Waals surface area (Å²) < 4.78 is 23.2. The third-order valence-electron chi connectivity index (χ3n) is 11.2. The van der Waals surface area contributed by atoms with Gasteiger partial charge in [0.25, 0.3) is 7.82 Å². The van der Waals surface area contributed by atoms with Crippen LogP contribution in [0.2, 0.25) is 0 Å². The Hall–Kier alpha value is -1.54. The number of likely N-dealkylation sites (N-methyl/N-ethyl adjacent to an activating group) is 1. The van der Waals surface area contributed by atoms with Gasteiger partial charge in [-0.25, -0.2) is 0 Å². The largest absolute Gasteiger partial charge is 0.756 e. The van der Waals surface area contributed by atoms with Crippen LogP contribution in [-0.2, 0) is 18.4 Å². The van der Waals surface area contributed by atoms with E-state index in [9.17, 15) is 19.4 Å². The Morgan fingerprint density at radius 3 is 1.49 bits per heavy atom. The maximum absolute atomic E-state index is 12.9. The topological polar surface area (TPSA) is 108 Å². The molecule has 0 rings (SSSR count). The van der Waals surface area contributed by atoms with Crippen LogP contribution in [-0.4, -0.2) is 68.5 Å². The van der Waals surface area contributed by atoms with E-state index in [0.717, 1.165) is 70.6 Å². The molecular weight excluding hydrogens is 780 g/mol.